The first-order valence-electron chi connectivity index (χ1n) is 10.3. The highest BCUT2D eigenvalue weighted by Crippen LogP contribution is 2.22. The van der Waals surface area contributed by atoms with E-state index in [9.17, 15) is 9.50 Å². The molecule has 0 bridgehead atoms. The van der Waals surface area contributed by atoms with E-state index < -0.39 is 0 Å². The third-order valence-corrected chi connectivity index (χ3v) is 5.47. The van der Waals surface area contributed by atoms with Gasteiger partial charge in [-0.25, -0.2) is 4.39 Å². The Balaban J connectivity index is 1.59. The first-order valence-corrected chi connectivity index (χ1v) is 10.3. The van der Waals surface area contributed by atoms with E-state index in [1.165, 1.54) is 18.7 Å². The monoisotopic (exact) mass is 418 g/mol. The van der Waals surface area contributed by atoms with Crippen LogP contribution in [0, 0.1) is 5.82 Å². The summed E-state index contributed by atoms with van der Waals surface area (Å²) in [5, 5.41) is 18.4. The van der Waals surface area contributed by atoms with Crippen molar-refractivity contribution < 1.29 is 24.1 Å². The lowest BCUT2D eigenvalue weighted by atomic mass is 10.1. The third kappa shape index (κ3) is 6.15. The number of hydrogen-bond acceptors (Lipinski definition) is 6. The van der Waals surface area contributed by atoms with Gasteiger partial charge in [0.25, 0.3) is 0 Å². The summed E-state index contributed by atoms with van der Waals surface area (Å²) >= 11 is 0. The van der Waals surface area contributed by atoms with Gasteiger partial charge in [-0.1, -0.05) is 18.2 Å². The van der Waals surface area contributed by atoms with Gasteiger partial charge in [0.15, 0.2) is 0 Å². The number of piperazine rings is 1. The van der Waals surface area contributed by atoms with Gasteiger partial charge < -0.3 is 19.7 Å². The van der Waals surface area contributed by atoms with Crippen molar-refractivity contribution >= 4 is 0 Å². The zero-order chi connectivity index (χ0) is 21.3. The second kappa shape index (κ2) is 11.3. The quantitative estimate of drug-likeness (QED) is 0.617. The van der Waals surface area contributed by atoms with Crippen LogP contribution in [0.25, 0.3) is 0 Å². The lowest BCUT2D eigenvalue weighted by Crippen LogP contribution is -2.52. The Bertz CT molecular complexity index is 787. The molecule has 7 heteroatoms. The number of halogens is 1. The summed E-state index contributed by atoms with van der Waals surface area (Å²) in [4.78, 5) is 4.62. The number of rotatable bonds is 10. The van der Waals surface area contributed by atoms with Crippen molar-refractivity contribution in [3.05, 3.63) is 59.4 Å². The van der Waals surface area contributed by atoms with E-state index in [1.54, 1.807) is 12.1 Å². The van der Waals surface area contributed by atoms with Crippen molar-refractivity contribution in [1.29, 1.82) is 0 Å². The van der Waals surface area contributed by atoms with E-state index >= 15 is 0 Å². The van der Waals surface area contributed by atoms with Crippen LogP contribution < -0.4 is 9.47 Å². The van der Waals surface area contributed by atoms with Crippen LogP contribution in [0.1, 0.15) is 17.5 Å². The molecule has 1 unspecified atom stereocenters. The van der Waals surface area contributed by atoms with Gasteiger partial charge in [-0.3, -0.25) is 9.80 Å². The summed E-state index contributed by atoms with van der Waals surface area (Å²) in [6.07, 6.45) is 0.655. The lowest BCUT2D eigenvalue weighted by Gasteiger charge is -2.41. The van der Waals surface area contributed by atoms with Crippen molar-refractivity contribution in [3.8, 4) is 11.5 Å². The van der Waals surface area contributed by atoms with Crippen LogP contribution in [0.4, 0.5) is 4.39 Å². The van der Waals surface area contributed by atoms with Crippen LogP contribution >= 0.6 is 0 Å². The molecule has 6 nitrogen and oxygen atoms in total. The van der Waals surface area contributed by atoms with Crippen LogP contribution in [0.15, 0.2) is 42.5 Å². The molecule has 1 heterocycles. The number of benzene rings is 2. The molecule has 3 rings (SSSR count). The minimum Gasteiger partial charge on any atom is -0.497 e. The molecule has 1 aliphatic rings. The zero-order valence-electron chi connectivity index (χ0n) is 17.5. The maximum Gasteiger partial charge on any atom is 0.131 e. The van der Waals surface area contributed by atoms with Crippen LogP contribution in [0.5, 0.6) is 11.5 Å². The lowest BCUT2D eigenvalue weighted by molar-refractivity contribution is 0.0493. The summed E-state index contributed by atoms with van der Waals surface area (Å²) < 4.78 is 24.9. The number of ether oxygens (including phenoxy) is 2. The standard InChI is InChI=1S/C23H31FN2O4/c1-29-22-7-4-19(23(24)14-22)16-26-10-9-25(17-20(26)8-11-27)15-18-2-5-21(6-3-18)30-13-12-28/h2-7,14,20,27-28H,8-13,15-17H2,1H3. The summed E-state index contributed by atoms with van der Waals surface area (Å²) in [6, 6.07) is 13.0. The predicted molar refractivity (Wildman–Crippen MR) is 113 cm³/mol. The Morgan fingerprint density at radius 3 is 2.43 bits per heavy atom. The van der Waals surface area contributed by atoms with Crippen LogP contribution in [-0.2, 0) is 13.1 Å². The smallest absolute Gasteiger partial charge is 0.131 e. The average molecular weight is 419 g/mol. The zero-order valence-corrected chi connectivity index (χ0v) is 17.5. The highest BCUT2D eigenvalue weighted by molar-refractivity contribution is 5.29. The fourth-order valence-electron chi connectivity index (χ4n) is 3.85. The first-order chi connectivity index (χ1) is 14.6. The van der Waals surface area contributed by atoms with E-state index in [0.717, 1.165) is 31.9 Å². The van der Waals surface area contributed by atoms with Gasteiger partial charge in [0.2, 0.25) is 0 Å². The van der Waals surface area contributed by atoms with Crippen molar-refractivity contribution in [3.63, 3.8) is 0 Å². The van der Waals surface area contributed by atoms with E-state index in [0.29, 0.717) is 30.9 Å². The van der Waals surface area contributed by atoms with Gasteiger partial charge in [0, 0.05) is 57.0 Å². The van der Waals surface area contributed by atoms with Crippen molar-refractivity contribution in [2.45, 2.75) is 25.6 Å². The molecule has 0 aliphatic carbocycles. The van der Waals surface area contributed by atoms with Crippen molar-refractivity contribution in [2.24, 2.45) is 0 Å². The van der Waals surface area contributed by atoms with Gasteiger partial charge in [-0.15, -0.1) is 0 Å². The number of hydrogen-bond donors (Lipinski definition) is 2. The molecule has 2 aromatic carbocycles. The topological polar surface area (TPSA) is 65.4 Å². The van der Waals surface area contributed by atoms with Crippen molar-refractivity contribution in [1.82, 2.24) is 9.80 Å². The Labute approximate surface area is 177 Å². The molecule has 0 radical (unpaired) electrons. The molecular weight excluding hydrogens is 387 g/mol. The number of methoxy groups -OCH3 is 1. The summed E-state index contributed by atoms with van der Waals surface area (Å²) in [6.45, 7) is 4.24. The second-order valence-corrected chi connectivity index (χ2v) is 7.55. The van der Waals surface area contributed by atoms with E-state index in [-0.39, 0.29) is 25.1 Å². The molecule has 2 aromatic rings. The van der Waals surface area contributed by atoms with E-state index in [4.69, 9.17) is 14.6 Å². The minimum atomic E-state index is -0.261. The fraction of sp³-hybridized carbons (Fsp3) is 0.478. The molecule has 164 valence electrons. The fourth-order valence-corrected chi connectivity index (χ4v) is 3.85. The van der Waals surface area contributed by atoms with Gasteiger partial charge in [-0.05, 0) is 30.2 Å². The molecule has 1 fully saturated rings. The molecule has 1 saturated heterocycles. The largest absolute Gasteiger partial charge is 0.497 e. The number of aliphatic hydroxyl groups is 2. The highest BCUT2D eigenvalue weighted by atomic mass is 19.1. The maximum absolute atomic E-state index is 14.4. The summed E-state index contributed by atoms with van der Waals surface area (Å²) in [5.74, 6) is 1.00. The molecule has 0 spiro atoms. The molecular formula is C23H31FN2O4. The van der Waals surface area contributed by atoms with E-state index in [1.807, 2.05) is 24.3 Å². The van der Waals surface area contributed by atoms with E-state index in [2.05, 4.69) is 9.80 Å². The summed E-state index contributed by atoms with van der Waals surface area (Å²) in [5.41, 5.74) is 1.83. The molecule has 2 N–H and O–H groups in total. The molecule has 0 amide bonds. The van der Waals surface area contributed by atoms with Gasteiger partial charge >= 0.3 is 0 Å². The molecule has 0 saturated carbocycles. The molecule has 0 aromatic heterocycles. The Morgan fingerprint density at radius 2 is 1.77 bits per heavy atom. The van der Waals surface area contributed by atoms with Crippen LogP contribution in [0.3, 0.4) is 0 Å². The maximum atomic E-state index is 14.4. The van der Waals surface area contributed by atoms with Crippen molar-refractivity contribution in [2.75, 3.05) is 46.6 Å². The third-order valence-electron chi connectivity index (χ3n) is 5.47. The number of nitrogens with zero attached hydrogens (tertiary/aromatic N) is 2. The van der Waals surface area contributed by atoms with Gasteiger partial charge in [-0.2, -0.15) is 0 Å². The van der Waals surface area contributed by atoms with Gasteiger partial charge in [0.05, 0.1) is 13.7 Å². The molecule has 1 atom stereocenters. The number of aliphatic hydroxyl groups excluding tert-OH is 2. The Morgan fingerprint density at radius 1 is 1.00 bits per heavy atom. The average Bonchev–Trinajstić information content (AvgIpc) is 2.76. The van der Waals surface area contributed by atoms with Crippen LogP contribution in [-0.4, -0.2) is 72.6 Å². The van der Waals surface area contributed by atoms with Gasteiger partial charge in [0.1, 0.15) is 23.9 Å². The summed E-state index contributed by atoms with van der Waals surface area (Å²) in [7, 11) is 1.53. The SMILES string of the molecule is COc1ccc(CN2CCN(Cc3ccc(OCCO)cc3)CC2CCO)c(F)c1. The second-order valence-electron chi connectivity index (χ2n) is 7.55. The first kappa shape index (κ1) is 22.5. The Hall–Kier alpha value is -2.19. The minimum absolute atomic E-state index is 0.00129. The predicted octanol–water partition coefficient (Wildman–Crippen LogP) is 2.27. The highest BCUT2D eigenvalue weighted by Gasteiger charge is 2.27. The molecule has 1 aliphatic heterocycles. The molecule has 30 heavy (non-hydrogen) atoms. The Kier molecular flexibility index (Phi) is 8.45. The van der Waals surface area contributed by atoms with Crippen LogP contribution in [0.2, 0.25) is 0 Å². The normalized spacial score (nSPS) is 17.8.